The van der Waals surface area contributed by atoms with Gasteiger partial charge < -0.3 is 10.1 Å². The lowest BCUT2D eigenvalue weighted by molar-refractivity contribution is 0.414. The molecule has 0 aromatic carbocycles. The monoisotopic (exact) mass is 254 g/mol. The molecule has 0 aliphatic carbocycles. The molecule has 0 saturated carbocycles. The summed E-state index contributed by atoms with van der Waals surface area (Å²) in [6, 6.07) is 3.81. The summed E-state index contributed by atoms with van der Waals surface area (Å²) in [5.41, 5.74) is 0. The van der Waals surface area contributed by atoms with Crippen LogP contribution in [0.3, 0.4) is 0 Å². The SMILES string of the molecule is CCC(CC)(CNc1ncccc1OC)SC. The Kier molecular flexibility index (Phi) is 5.62. The van der Waals surface area contributed by atoms with Crippen LogP contribution in [0.5, 0.6) is 5.75 Å². The molecule has 0 fully saturated rings. The second-order valence-corrected chi connectivity index (χ2v) is 5.28. The standard InChI is InChI=1S/C13H22N2OS/c1-5-13(6-2,17-4)10-15-12-11(16-3)8-7-9-14-12/h7-9H,5-6,10H2,1-4H3,(H,14,15). The van der Waals surface area contributed by atoms with Crippen molar-refractivity contribution < 1.29 is 4.74 Å². The van der Waals surface area contributed by atoms with Crippen LogP contribution in [0.1, 0.15) is 26.7 Å². The number of aromatic nitrogens is 1. The molecule has 1 aromatic rings. The van der Waals surface area contributed by atoms with E-state index >= 15 is 0 Å². The molecule has 1 rings (SSSR count). The van der Waals surface area contributed by atoms with Gasteiger partial charge in [0.05, 0.1) is 7.11 Å². The molecule has 0 aliphatic rings. The summed E-state index contributed by atoms with van der Waals surface area (Å²) in [7, 11) is 1.67. The molecule has 1 heterocycles. The second kappa shape index (κ2) is 6.74. The van der Waals surface area contributed by atoms with E-state index in [2.05, 4.69) is 30.4 Å². The average Bonchev–Trinajstić information content (AvgIpc) is 2.41. The fourth-order valence-corrected chi connectivity index (χ4v) is 2.59. The van der Waals surface area contributed by atoms with Gasteiger partial charge in [0, 0.05) is 17.5 Å². The van der Waals surface area contributed by atoms with Gasteiger partial charge in [0.2, 0.25) is 0 Å². The van der Waals surface area contributed by atoms with Gasteiger partial charge in [0.1, 0.15) is 0 Å². The lowest BCUT2D eigenvalue weighted by Gasteiger charge is -2.30. The Morgan fingerprint density at radius 1 is 1.41 bits per heavy atom. The molecule has 96 valence electrons. The fourth-order valence-electron chi connectivity index (χ4n) is 1.79. The number of hydrogen-bond donors (Lipinski definition) is 1. The molecule has 17 heavy (non-hydrogen) atoms. The zero-order chi connectivity index (χ0) is 12.7. The van der Waals surface area contributed by atoms with E-state index in [-0.39, 0.29) is 4.75 Å². The minimum Gasteiger partial charge on any atom is -0.493 e. The maximum Gasteiger partial charge on any atom is 0.168 e. The van der Waals surface area contributed by atoms with Crippen LogP contribution in [0.4, 0.5) is 5.82 Å². The Labute approximate surface area is 108 Å². The fraction of sp³-hybridized carbons (Fsp3) is 0.615. The molecule has 3 nitrogen and oxygen atoms in total. The Hall–Kier alpha value is -0.900. The number of rotatable bonds is 7. The first kappa shape index (κ1) is 14.2. The van der Waals surface area contributed by atoms with Gasteiger partial charge in [-0.1, -0.05) is 13.8 Å². The van der Waals surface area contributed by atoms with Crippen LogP contribution in [0, 0.1) is 0 Å². The van der Waals surface area contributed by atoms with Gasteiger partial charge in [-0.25, -0.2) is 4.98 Å². The highest BCUT2D eigenvalue weighted by atomic mass is 32.2. The Balaban J connectivity index is 2.71. The molecular formula is C13H22N2OS. The molecule has 0 spiro atoms. The van der Waals surface area contributed by atoms with E-state index in [4.69, 9.17) is 4.74 Å². The van der Waals surface area contributed by atoms with E-state index in [1.165, 1.54) is 0 Å². The molecule has 0 saturated heterocycles. The van der Waals surface area contributed by atoms with Gasteiger partial charge in [-0.05, 0) is 31.2 Å². The lowest BCUT2D eigenvalue weighted by Crippen LogP contribution is -2.32. The third kappa shape index (κ3) is 3.53. The number of thioether (sulfide) groups is 1. The molecule has 4 heteroatoms. The Morgan fingerprint density at radius 3 is 2.65 bits per heavy atom. The molecule has 0 amide bonds. The highest BCUT2D eigenvalue weighted by molar-refractivity contribution is 8.00. The smallest absolute Gasteiger partial charge is 0.168 e. The number of nitrogens with zero attached hydrogens (tertiary/aromatic N) is 1. The van der Waals surface area contributed by atoms with Crippen molar-refractivity contribution in [2.45, 2.75) is 31.4 Å². The first-order valence-corrected chi connectivity index (χ1v) is 7.22. The zero-order valence-corrected chi connectivity index (χ0v) is 11.9. The maximum absolute atomic E-state index is 5.28. The van der Waals surface area contributed by atoms with Crippen LogP contribution in [0.15, 0.2) is 18.3 Å². The lowest BCUT2D eigenvalue weighted by atomic mass is 10.0. The molecule has 0 aliphatic heterocycles. The van der Waals surface area contributed by atoms with Crippen molar-refractivity contribution in [3.05, 3.63) is 18.3 Å². The van der Waals surface area contributed by atoms with Gasteiger partial charge in [-0.2, -0.15) is 11.8 Å². The minimum atomic E-state index is 0.280. The van der Waals surface area contributed by atoms with E-state index in [1.54, 1.807) is 13.3 Å². The number of methoxy groups -OCH3 is 1. The van der Waals surface area contributed by atoms with Crippen molar-refractivity contribution in [2.75, 3.05) is 25.2 Å². The molecule has 1 N–H and O–H groups in total. The summed E-state index contributed by atoms with van der Waals surface area (Å²) in [6.07, 6.45) is 6.24. The first-order valence-electron chi connectivity index (χ1n) is 5.99. The van der Waals surface area contributed by atoms with E-state index in [9.17, 15) is 0 Å². The zero-order valence-electron chi connectivity index (χ0n) is 11.1. The van der Waals surface area contributed by atoms with E-state index < -0.39 is 0 Å². The minimum absolute atomic E-state index is 0.280. The maximum atomic E-state index is 5.28. The predicted molar refractivity (Wildman–Crippen MR) is 76.1 cm³/mol. The largest absolute Gasteiger partial charge is 0.493 e. The van der Waals surface area contributed by atoms with Gasteiger partial charge in [0.15, 0.2) is 11.6 Å². The van der Waals surface area contributed by atoms with Gasteiger partial charge in [0.25, 0.3) is 0 Å². The Morgan fingerprint density at radius 2 is 2.12 bits per heavy atom. The third-order valence-electron chi connectivity index (χ3n) is 3.29. The van der Waals surface area contributed by atoms with Gasteiger partial charge in [-0.3, -0.25) is 0 Å². The number of ether oxygens (including phenoxy) is 1. The Bertz CT molecular complexity index is 332. The van der Waals surface area contributed by atoms with Crippen molar-refractivity contribution in [1.82, 2.24) is 4.98 Å². The first-order chi connectivity index (χ1) is 8.21. The van der Waals surface area contributed by atoms with E-state index in [0.717, 1.165) is 31.0 Å². The summed E-state index contributed by atoms with van der Waals surface area (Å²) in [5.74, 6) is 1.63. The third-order valence-corrected chi connectivity index (χ3v) is 4.88. The number of pyridine rings is 1. The van der Waals surface area contributed by atoms with E-state index in [1.807, 2.05) is 23.9 Å². The molecular weight excluding hydrogens is 232 g/mol. The summed E-state index contributed by atoms with van der Waals surface area (Å²) in [5, 5.41) is 3.40. The van der Waals surface area contributed by atoms with Crippen molar-refractivity contribution >= 4 is 17.6 Å². The van der Waals surface area contributed by atoms with Crippen molar-refractivity contribution in [2.24, 2.45) is 0 Å². The summed E-state index contributed by atoms with van der Waals surface area (Å²) >= 11 is 1.92. The van der Waals surface area contributed by atoms with E-state index in [0.29, 0.717) is 0 Å². The number of hydrogen-bond acceptors (Lipinski definition) is 4. The highest BCUT2D eigenvalue weighted by Gasteiger charge is 2.24. The molecule has 0 unspecified atom stereocenters. The van der Waals surface area contributed by atoms with Crippen LogP contribution in [0.2, 0.25) is 0 Å². The highest BCUT2D eigenvalue weighted by Crippen LogP contribution is 2.31. The van der Waals surface area contributed by atoms with Crippen LogP contribution >= 0.6 is 11.8 Å². The number of anilines is 1. The topological polar surface area (TPSA) is 34.2 Å². The van der Waals surface area contributed by atoms with Crippen LogP contribution in [-0.2, 0) is 0 Å². The summed E-state index contributed by atoms with van der Waals surface area (Å²) < 4.78 is 5.56. The van der Waals surface area contributed by atoms with Crippen LogP contribution in [0.25, 0.3) is 0 Å². The normalized spacial score (nSPS) is 11.3. The quantitative estimate of drug-likeness (QED) is 0.808. The van der Waals surface area contributed by atoms with Crippen molar-refractivity contribution in [1.29, 1.82) is 0 Å². The molecule has 1 aromatic heterocycles. The predicted octanol–water partition coefficient (Wildman–Crippen LogP) is 3.42. The van der Waals surface area contributed by atoms with Gasteiger partial charge in [-0.15, -0.1) is 0 Å². The molecule has 0 atom stereocenters. The summed E-state index contributed by atoms with van der Waals surface area (Å²) in [4.78, 5) is 4.31. The second-order valence-electron chi connectivity index (χ2n) is 4.00. The van der Waals surface area contributed by atoms with Crippen LogP contribution in [-0.4, -0.2) is 29.6 Å². The molecule has 0 bridgehead atoms. The molecule has 0 radical (unpaired) electrons. The van der Waals surface area contributed by atoms with Gasteiger partial charge >= 0.3 is 0 Å². The average molecular weight is 254 g/mol. The van der Waals surface area contributed by atoms with Crippen molar-refractivity contribution in [3.8, 4) is 5.75 Å². The summed E-state index contributed by atoms with van der Waals surface area (Å²) in [6.45, 7) is 5.38. The van der Waals surface area contributed by atoms with Crippen molar-refractivity contribution in [3.63, 3.8) is 0 Å². The van der Waals surface area contributed by atoms with Crippen LogP contribution < -0.4 is 10.1 Å². The number of nitrogens with one attached hydrogen (secondary N) is 1.